The van der Waals surface area contributed by atoms with E-state index in [1.807, 2.05) is 12.1 Å². The summed E-state index contributed by atoms with van der Waals surface area (Å²) in [5, 5.41) is 4.14. The smallest absolute Gasteiger partial charge is 0.276 e. The highest BCUT2D eigenvalue weighted by atomic mass is 16.1. The van der Waals surface area contributed by atoms with Crippen LogP contribution in [0.15, 0.2) is 35.3 Å². The summed E-state index contributed by atoms with van der Waals surface area (Å²) in [4.78, 5) is 26.0. The highest BCUT2D eigenvalue weighted by molar-refractivity contribution is 5.91. The lowest BCUT2D eigenvalue weighted by Crippen LogP contribution is -2.27. The summed E-state index contributed by atoms with van der Waals surface area (Å²) in [6, 6.07) is 7.19. The zero-order valence-corrected chi connectivity index (χ0v) is 12.0. The Kier molecular flexibility index (Phi) is 3.56. The molecule has 1 aromatic carbocycles. The van der Waals surface area contributed by atoms with E-state index in [4.69, 9.17) is 0 Å². The summed E-state index contributed by atoms with van der Waals surface area (Å²) < 4.78 is 1.32. The minimum absolute atomic E-state index is 0.172. The molecule has 2 aromatic rings. The maximum Gasteiger partial charge on any atom is 0.276 e. The molecule has 5 nitrogen and oxygen atoms in total. The van der Waals surface area contributed by atoms with Crippen LogP contribution < -0.4 is 10.5 Å². The third kappa shape index (κ3) is 2.35. The Morgan fingerprint density at radius 3 is 2.62 bits per heavy atom. The standard InChI is InChI=1S/C16H17N3O2/c1-18-16(21)15(13-7-3-2-6-12(13)11-20)14(10-17-18)19-8-4-5-9-19/h2-3,6-7,10-11H,4-5,8-9H2,1H3. The lowest BCUT2D eigenvalue weighted by atomic mass is 10.0. The molecule has 0 aliphatic carbocycles. The van der Waals surface area contributed by atoms with Gasteiger partial charge in [0.1, 0.15) is 0 Å². The van der Waals surface area contributed by atoms with E-state index in [9.17, 15) is 9.59 Å². The van der Waals surface area contributed by atoms with Crippen LogP contribution in [0.1, 0.15) is 23.2 Å². The maximum atomic E-state index is 12.6. The Labute approximate surface area is 122 Å². The molecule has 1 fully saturated rings. The number of aryl methyl sites for hydroxylation is 1. The summed E-state index contributed by atoms with van der Waals surface area (Å²) in [6.45, 7) is 1.84. The third-order valence-electron chi connectivity index (χ3n) is 3.92. The van der Waals surface area contributed by atoms with Gasteiger partial charge in [-0.25, -0.2) is 4.68 Å². The zero-order valence-electron chi connectivity index (χ0n) is 12.0. The summed E-state index contributed by atoms with van der Waals surface area (Å²) in [5.74, 6) is 0. The average molecular weight is 283 g/mol. The van der Waals surface area contributed by atoms with Gasteiger partial charge in [0.25, 0.3) is 5.56 Å². The van der Waals surface area contributed by atoms with Gasteiger partial charge in [0.05, 0.1) is 17.4 Å². The van der Waals surface area contributed by atoms with E-state index in [0.717, 1.165) is 37.9 Å². The van der Waals surface area contributed by atoms with Crippen LogP contribution in [-0.4, -0.2) is 29.2 Å². The predicted octanol–water partition coefficient (Wildman–Crippen LogP) is 1.86. The molecule has 0 amide bonds. The Bertz CT molecular complexity index is 731. The van der Waals surface area contributed by atoms with Crippen LogP contribution >= 0.6 is 0 Å². The first-order valence-electron chi connectivity index (χ1n) is 7.08. The molecule has 0 N–H and O–H groups in total. The number of aromatic nitrogens is 2. The molecule has 0 saturated carbocycles. The number of carbonyl (C=O) groups excluding carboxylic acids is 1. The minimum atomic E-state index is -0.172. The molecular formula is C16H17N3O2. The fourth-order valence-corrected chi connectivity index (χ4v) is 2.81. The number of aldehydes is 1. The van der Waals surface area contributed by atoms with Gasteiger partial charge >= 0.3 is 0 Å². The Morgan fingerprint density at radius 1 is 1.19 bits per heavy atom. The van der Waals surface area contributed by atoms with Crippen LogP contribution in [0, 0.1) is 0 Å². The largest absolute Gasteiger partial charge is 0.370 e. The first kappa shape index (κ1) is 13.5. The van der Waals surface area contributed by atoms with Crippen LogP contribution in [0.2, 0.25) is 0 Å². The van der Waals surface area contributed by atoms with Crippen molar-refractivity contribution >= 4 is 12.0 Å². The fourth-order valence-electron chi connectivity index (χ4n) is 2.81. The van der Waals surface area contributed by atoms with Gasteiger partial charge in [-0.15, -0.1) is 0 Å². The number of benzene rings is 1. The third-order valence-corrected chi connectivity index (χ3v) is 3.92. The number of anilines is 1. The van der Waals surface area contributed by atoms with Crippen LogP contribution in [0.3, 0.4) is 0 Å². The van der Waals surface area contributed by atoms with Crippen molar-refractivity contribution < 1.29 is 4.79 Å². The molecule has 0 atom stereocenters. The Balaban J connectivity index is 2.26. The van der Waals surface area contributed by atoms with Crippen molar-refractivity contribution in [1.29, 1.82) is 0 Å². The molecule has 108 valence electrons. The molecule has 0 radical (unpaired) electrons. The molecule has 0 bridgehead atoms. The van der Waals surface area contributed by atoms with Gasteiger partial charge in [-0.1, -0.05) is 24.3 Å². The van der Waals surface area contributed by atoms with Gasteiger partial charge in [0, 0.05) is 25.7 Å². The number of hydrogen-bond donors (Lipinski definition) is 0. The first-order chi connectivity index (χ1) is 10.2. The van der Waals surface area contributed by atoms with Gasteiger partial charge in [0.2, 0.25) is 0 Å². The van der Waals surface area contributed by atoms with Crippen molar-refractivity contribution in [2.45, 2.75) is 12.8 Å². The second kappa shape index (κ2) is 5.52. The minimum Gasteiger partial charge on any atom is -0.370 e. The van der Waals surface area contributed by atoms with Crippen LogP contribution in [-0.2, 0) is 7.05 Å². The number of nitrogens with zero attached hydrogens (tertiary/aromatic N) is 3. The summed E-state index contributed by atoms with van der Waals surface area (Å²) in [6.07, 6.45) is 4.75. The highest BCUT2D eigenvalue weighted by Gasteiger charge is 2.21. The van der Waals surface area contributed by atoms with E-state index in [0.29, 0.717) is 16.7 Å². The topological polar surface area (TPSA) is 55.2 Å². The SMILES string of the molecule is Cn1ncc(N2CCCC2)c(-c2ccccc2C=O)c1=O. The molecule has 21 heavy (non-hydrogen) atoms. The normalized spacial score (nSPS) is 14.4. The van der Waals surface area contributed by atoms with Crippen molar-refractivity contribution in [3.63, 3.8) is 0 Å². The monoisotopic (exact) mass is 283 g/mol. The Hall–Kier alpha value is -2.43. The zero-order chi connectivity index (χ0) is 14.8. The molecule has 0 unspecified atom stereocenters. The van der Waals surface area contributed by atoms with Crippen molar-refractivity contribution in [3.05, 3.63) is 46.4 Å². The lowest BCUT2D eigenvalue weighted by Gasteiger charge is -2.21. The molecule has 1 aromatic heterocycles. The second-order valence-electron chi connectivity index (χ2n) is 5.23. The average Bonchev–Trinajstić information content (AvgIpc) is 3.04. The molecule has 3 rings (SSSR count). The van der Waals surface area contributed by atoms with Crippen LogP contribution in [0.4, 0.5) is 5.69 Å². The molecule has 1 aliphatic rings. The van der Waals surface area contributed by atoms with Crippen molar-refractivity contribution in [1.82, 2.24) is 9.78 Å². The van der Waals surface area contributed by atoms with Gasteiger partial charge in [-0.2, -0.15) is 5.10 Å². The van der Waals surface area contributed by atoms with Crippen LogP contribution in [0.25, 0.3) is 11.1 Å². The van der Waals surface area contributed by atoms with E-state index in [1.165, 1.54) is 4.68 Å². The van der Waals surface area contributed by atoms with E-state index in [-0.39, 0.29) is 5.56 Å². The molecule has 5 heteroatoms. The quantitative estimate of drug-likeness (QED) is 0.807. The molecule has 1 aliphatic heterocycles. The van der Waals surface area contributed by atoms with Crippen molar-refractivity contribution in [3.8, 4) is 11.1 Å². The van der Waals surface area contributed by atoms with Crippen molar-refractivity contribution in [2.75, 3.05) is 18.0 Å². The molecular weight excluding hydrogens is 266 g/mol. The molecule has 2 heterocycles. The van der Waals surface area contributed by atoms with E-state index < -0.39 is 0 Å². The summed E-state index contributed by atoms with van der Waals surface area (Å²) in [7, 11) is 1.63. The molecule has 0 spiro atoms. The summed E-state index contributed by atoms with van der Waals surface area (Å²) in [5.41, 5.74) is 2.43. The number of carbonyl (C=O) groups is 1. The van der Waals surface area contributed by atoms with Crippen LogP contribution in [0.5, 0.6) is 0 Å². The Morgan fingerprint density at radius 2 is 1.90 bits per heavy atom. The lowest BCUT2D eigenvalue weighted by molar-refractivity contribution is 0.112. The van der Waals surface area contributed by atoms with Gasteiger partial charge in [0.15, 0.2) is 6.29 Å². The molecule has 1 saturated heterocycles. The highest BCUT2D eigenvalue weighted by Crippen LogP contribution is 2.30. The second-order valence-corrected chi connectivity index (χ2v) is 5.23. The maximum absolute atomic E-state index is 12.6. The fraction of sp³-hybridized carbons (Fsp3) is 0.312. The predicted molar refractivity (Wildman–Crippen MR) is 81.7 cm³/mol. The van der Waals surface area contributed by atoms with Gasteiger partial charge in [-0.05, 0) is 18.4 Å². The van der Waals surface area contributed by atoms with Crippen molar-refractivity contribution in [2.24, 2.45) is 7.05 Å². The van der Waals surface area contributed by atoms with Gasteiger partial charge in [-0.3, -0.25) is 9.59 Å². The van der Waals surface area contributed by atoms with E-state index >= 15 is 0 Å². The first-order valence-corrected chi connectivity index (χ1v) is 7.08. The summed E-state index contributed by atoms with van der Waals surface area (Å²) >= 11 is 0. The van der Waals surface area contributed by atoms with E-state index in [2.05, 4.69) is 10.00 Å². The number of rotatable bonds is 3. The van der Waals surface area contributed by atoms with E-state index in [1.54, 1.807) is 25.4 Å². The number of hydrogen-bond acceptors (Lipinski definition) is 4. The van der Waals surface area contributed by atoms with Gasteiger partial charge < -0.3 is 4.90 Å².